The van der Waals surface area contributed by atoms with Crippen molar-refractivity contribution >= 4 is 5.69 Å². The fraction of sp³-hybridized carbons (Fsp3) is 0.467. The van der Waals surface area contributed by atoms with Crippen LogP contribution in [0.5, 0.6) is 0 Å². The molecule has 2 nitrogen and oxygen atoms in total. The topological polar surface area (TPSA) is 6.48 Å². The Balaban J connectivity index is 1.97. The van der Waals surface area contributed by atoms with Gasteiger partial charge in [-0.25, -0.2) is 0 Å². The van der Waals surface area contributed by atoms with Gasteiger partial charge >= 0.3 is 0 Å². The van der Waals surface area contributed by atoms with Gasteiger partial charge in [0.15, 0.2) is 0 Å². The van der Waals surface area contributed by atoms with Crippen LogP contribution < -0.4 is 4.90 Å². The number of rotatable bonds is 3. The van der Waals surface area contributed by atoms with E-state index in [4.69, 9.17) is 0 Å². The second-order valence-electron chi connectivity index (χ2n) is 4.73. The number of nitrogens with zero attached hydrogens (tertiary/aromatic N) is 2. The van der Waals surface area contributed by atoms with Crippen molar-refractivity contribution in [1.82, 2.24) is 4.90 Å². The highest BCUT2D eigenvalue weighted by molar-refractivity contribution is 5.48. The van der Waals surface area contributed by atoms with Gasteiger partial charge in [0.1, 0.15) is 0 Å². The molecular weight excluding hydrogens is 208 g/mol. The Kier molecular flexibility index (Phi) is 3.72. The van der Waals surface area contributed by atoms with Gasteiger partial charge in [0.05, 0.1) is 0 Å². The summed E-state index contributed by atoms with van der Waals surface area (Å²) >= 11 is 0. The maximum Gasteiger partial charge on any atom is 0.0367 e. The second kappa shape index (κ2) is 5.26. The van der Waals surface area contributed by atoms with Crippen molar-refractivity contribution < 1.29 is 0 Å². The molecule has 1 aliphatic rings. The van der Waals surface area contributed by atoms with Crippen molar-refractivity contribution in [2.75, 3.05) is 31.1 Å². The lowest BCUT2D eigenvalue weighted by atomic mass is 10.1. The lowest BCUT2D eigenvalue weighted by Crippen LogP contribution is -2.45. The van der Waals surface area contributed by atoms with Crippen LogP contribution in [0, 0.1) is 0 Å². The third kappa shape index (κ3) is 2.82. The Morgan fingerprint density at radius 2 is 1.71 bits per heavy atom. The summed E-state index contributed by atoms with van der Waals surface area (Å²) in [5.74, 6) is 0. The molecule has 0 bridgehead atoms. The zero-order valence-electron chi connectivity index (χ0n) is 10.9. The molecule has 0 aliphatic carbocycles. The molecular formula is C15H22N2. The number of benzene rings is 1. The summed E-state index contributed by atoms with van der Waals surface area (Å²) in [6, 6.07) is 8.96. The first-order chi connectivity index (χ1) is 8.20. The average Bonchev–Trinajstić information content (AvgIpc) is 2.39. The summed E-state index contributed by atoms with van der Waals surface area (Å²) in [5.41, 5.74) is 3.95. The number of aryl methyl sites for hydroxylation is 1. The van der Waals surface area contributed by atoms with Crippen LogP contribution in [0.15, 0.2) is 36.5 Å². The Morgan fingerprint density at radius 3 is 2.18 bits per heavy atom. The molecule has 0 amide bonds. The van der Waals surface area contributed by atoms with E-state index in [1.54, 1.807) is 0 Å². The summed E-state index contributed by atoms with van der Waals surface area (Å²) in [7, 11) is 0. The van der Waals surface area contributed by atoms with E-state index >= 15 is 0 Å². The lowest BCUT2D eigenvalue weighted by molar-refractivity contribution is 0.323. The van der Waals surface area contributed by atoms with Crippen molar-refractivity contribution in [2.45, 2.75) is 20.3 Å². The van der Waals surface area contributed by atoms with Crippen LogP contribution in [0.25, 0.3) is 0 Å². The van der Waals surface area contributed by atoms with Gasteiger partial charge in [-0.05, 0) is 31.0 Å². The van der Waals surface area contributed by atoms with E-state index < -0.39 is 0 Å². The van der Waals surface area contributed by atoms with Gasteiger partial charge in [-0.2, -0.15) is 0 Å². The number of hydrogen-bond acceptors (Lipinski definition) is 2. The molecule has 0 spiro atoms. The molecule has 2 heteroatoms. The normalized spacial score (nSPS) is 16.1. The summed E-state index contributed by atoms with van der Waals surface area (Å²) in [6.45, 7) is 12.7. The van der Waals surface area contributed by atoms with E-state index in [1.807, 2.05) is 0 Å². The standard InChI is InChI=1S/C15H22N2/c1-4-14-5-7-15(8-6-14)17-11-9-16(10-12-17)13(2)3/h5-8H,2,4,9-12H2,1,3H3. The maximum absolute atomic E-state index is 4.01. The number of anilines is 1. The van der Waals surface area contributed by atoms with Gasteiger partial charge in [-0.3, -0.25) is 0 Å². The minimum Gasteiger partial charge on any atom is -0.372 e. The third-order valence-electron chi connectivity index (χ3n) is 3.53. The van der Waals surface area contributed by atoms with Crippen LogP contribution in [-0.2, 0) is 6.42 Å². The lowest BCUT2D eigenvalue weighted by Gasteiger charge is -2.37. The fourth-order valence-corrected chi connectivity index (χ4v) is 2.29. The van der Waals surface area contributed by atoms with Gasteiger partial charge < -0.3 is 9.80 Å². The molecule has 1 aliphatic heterocycles. The molecule has 1 fully saturated rings. The fourth-order valence-electron chi connectivity index (χ4n) is 2.29. The average molecular weight is 230 g/mol. The van der Waals surface area contributed by atoms with E-state index in [9.17, 15) is 0 Å². The maximum atomic E-state index is 4.01. The van der Waals surface area contributed by atoms with E-state index in [-0.39, 0.29) is 0 Å². The Labute approximate surface area is 105 Å². The Bertz CT molecular complexity index is 372. The first-order valence-corrected chi connectivity index (χ1v) is 6.45. The molecule has 17 heavy (non-hydrogen) atoms. The van der Waals surface area contributed by atoms with Gasteiger partial charge in [-0.15, -0.1) is 0 Å². The number of hydrogen-bond donors (Lipinski definition) is 0. The largest absolute Gasteiger partial charge is 0.372 e. The smallest absolute Gasteiger partial charge is 0.0367 e. The van der Waals surface area contributed by atoms with Crippen LogP contribution in [0.1, 0.15) is 19.4 Å². The SMILES string of the molecule is C=C(C)N1CCN(c2ccc(CC)cc2)CC1. The van der Waals surface area contributed by atoms with Gasteiger partial charge in [-0.1, -0.05) is 25.6 Å². The van der Waals surface area contributed by atoms with Crippen LogP contribution in [0.3, 0.4) is 0 Å². The van der Waals surface area contributed by atoms with E-state index in [0.29, 0.717) is 0 Å². The van der Waals surface area contributed by atoms with Gasteiger partial charge in [0.25, 0.3) is 0 Å². The first kappa shape index (κ1) is 12.0. The van der Waals surface area contributed by atoms with Gasteiger partial charge in [0.2, 0.25) is 0 Å². The highest BCUT2D eigenvalue weighted by Crippen LogP contribution is 2.18. The van der Waals surface area contributed by atoms with Crippen molar-refractivity contribution in [3.05, 3.63) is 42.1 Å². The minimum absolute atomic E-state index is 1.09. The van der Waals surface area contributed by atoms with E-state index in [1.165, 1.54) is 16.9 Å². The van der Waals surface area contributed by atoms with Crippen LogP contribution >= 0.6 is 0 Å². The Hall–Kier alpha value is -1.44. The molecule has 92 valence electrons. The number of piperazine rings is 1. The quantitative estimate of drug-likeness (QED) is 0.788. The highest BCUT2D eigenvalue weighted by atomic mass is 15.3. The molecule has 0 radical (unpaired) electrons. The summed E-state index contributed by atoms with van der Waals surface area (Å²) in [6.07, 6.45) is 1.11. The monoisotopic (exact) mass is 230 g/mol. The molecule has 0 N–H and O–H groups in total. The van der Waals surface area contributed by atoms with Crippen molar-refractivity contribution in [3.8, 4) is 0 Å². The summed E-state index contributed by atoms with van der Waals surface area (Å²) in [5, 5.41) is 0. The number of allylic oxidation sites excluding steroid dienone is 1. The molecule has 0 saturated carbocycles. The Morgan fingerprint density at radius 1 is 1.12 bits per heavy atom. The van der Waals surface area contributed by atoms with Crippen LogP contribution in [-0.4, -0.2) is 31.1 Å². The summed E-state index contributed by atoms with van der Waals surface area (Å²) < 4.78 is 0. The molecule has 1 heterocycles. The zero-order chi connectivity index (χ0) is 12.3. The molecule has 0 unspecified atom stereocenters. The summed E-state index contributed by atoms with van der Waals surface area (Å²) in [4.78, 5) is 4.82. The predicted octanol–water partition coefficient (Wildman–Crippen LogP) is 2.90. The molecule has 1 aromatic carbocycles. The highest BCUT2D eigenvalue weighted by Gasteiger charge is 2.16. The van der Waals surface area contributed by atoms with E-state index in [2.05, 4.69) is 54.5 Å². The predicted molar refractivity (Wildman–Crippen MR) is 74.4 cm³/mol. The molecule has 0 atom stereocenters. The third-order valence-corrected chi connectivity index (χ3v) is 3.53. The molecule has 1 saturated heterocycles. The van der Waals surface area contributed by atoms with Crippen molar-refractivity contribution in [2.24, 2.45) is 0 Å². The van der Waals surface area contributed by atoms with Gasteiger partial charge in [0, 0.05) is 37.6 Å². The molecule has 1 aromatic rings. The first-order valence-electron chi connectivity index (χ1n) is 6.45. The van der Waals surface area contributed by atoms with Crippen LogP contribution in [0.4, 0.5) is 5.69 Å². The van der Waals surface area contributed by atoms with Crippen molar-refractivity contribution in [3.63, 3.8) is 0 Å². The second-order valence-corrected chi connectivity index (χ2v) is 4.73. The van der Waals surface area contributed by atoms with E-state index in [0.717, 1.165) is 32.6 Å². The molecule has 0 aromatic heterocycles. The van der Waals surface area contributed by atoms with Crippen LogP contribution in [0.2, 0.25) is 0 Å². The van der Waals surface area contributed by atoms with Crippen molar-refractivity contribution in [1.29, 1.82) is 0 Å². The molecule has 2 rings (SSSR count). The minimum atomic E-state index is 1.09. The zero-order valence-corrected chi connectivity index (χ0v) is 10.9.